The van der Waals surface area contributed by atoms with Gasteiger partial charge in [-0.3, -0.25) is 4.79 Å². The summed E-state index contributed by atoms with van der Waals surface area (Å²) in [6, 6.07) is 14.0. The second-order valence-corrected chi connectivity index (χ2v) is 13.7. The second kappa shape index (κ2) is 8.81. The Labute approximate surface area is 173 Å². The first-order chi connectivity index (χ1) is 13.4. The first kappa shape index (κ1) is 20.4. The van der Waals surface area contributed by atoms with Gasteiger partial charge in [0.2, 0.25) is 0 Å². The Hall–Kier alpha value is -2.29. The van der Waals surface area contributed by atoms with Gasteiger partial charge in [0.25, 0.3) is 5.91 Å². The van der Waals surface area contributed by atoms with E-state index in [9.17, 15) is 4.79 Å². The summed E-state index contributed by atoms with van der Waals surface area (Å²) in [5, 5.41) is 2.98. The largest absolute Gasteiger partial charge is 0.352 e. The van der Waals surface area contributed by atoms with Crippen LogP contribution in [0.3, 0.4) is 0 Å². The van der Waals surface area contributed by atoms with Crippen LogP contribution in [-0.2, 0) is 0 Å². The van der Waals surface area contributed by atoms with E-state index in [2.05, 4.69) is 55.5 Å². The highest BCUT2D eigenvalue weighted by atomic mass is 32.2. The summed E-state index contributed by atoms with van der Waals surface area (Å²) in [6.07, 6.45) is 2.04. The molecule has 0 radical (unpaired) electrons. The lowest BCUT2D eigenvalue weighted by Gasteiger charge is -2.08. The molecule has 144 valence electrons. The number of amides is 1. The number of fused-ring (bicyclic) bond motifs is 2. The number of hydrogen-bond acceptors (Lipinski definition) is 3. The van der Waals surface area contributed by atoms with Crippen LogP contribution in [0, 0.1) is 11.5 Å². The number of nitrogens with zero attached hydrogens (tertiary/aromatic N) is 1. The van der Waals surface area contributed by atoms with Crippen molar-refractivity contribution in [3.63, 3.8) is 0 Å². The fourth-order valence-electron chi connectivity index (χ4n) is 2.71. The van der Waals surface area contributed by atoms with Crippen LogP contribution in [0.15, 0.2) is 57.2 Å². The summed E-state index contributed by atoms with van der Waals surface area (Å²) in [7, 11) is -1.53. The molecule has 0 spiro atoms. The van der Waals surface area contributed by atoms with Crippen LogP contribution in [0.1, 0.15) is 35.7 Å². The van der Waals surface area contributed by atoms with Gasteiger partial charge in [-0.1, -0.05) is 68.9 Å². The summed E-state index contributed by atoms with van der Waals surface area (Å²) in [6.45, 7) is 9.49. The molecule has 0 atom stereocenters. The van der Waals surface area contributed by atoms with E-state index in [-0.39, 0.29) is 5.91 Å². The molecule has 3 rings (SSSR count). The molecular formula is C23H26N2OSSi. The topological polar surface area (TPSA) is 41.5 Å². The molecule has 0 saturated carbocycles. The number of carbonyl (C=O) groups excluding carboxylic acids is 1. The highest BCUT2D eigenvalue weighted by molar-refractivity contribution is 7.99. The first-order valence-corrected chi connectivity index (χ1v) is 14.0. The Morgan fingerprint density at radius 3 is 2.68 bits per heavy atom. The lowest BCUT2D eigenvalue weighted by Crippen LogP contribution is -2.24. The number of aliphatic imine (C=N–C) groups is 1. The first-order valence-electron chi connectivity index (χ1n) is 9.69. The minimum atomic E-state index is -1.53. The van der Waals surface area contributed by atoms with Crippen LogP contribution < -0.4 is 5.32 Å². The van der Waals surface area contributed by atoms with E-state index < -0.39 is 8.07 Å². The Kier molecular flexibility index (Phi) is 6.43. The van der Waals surface area contributed by atoms with Gasteiger partial charge < -0.3 is 5.32 Å². The molecule has 0 fully saturated rings. The highest BCUT2D eigenvalue weighted by Crippen LogP contribution is 2.40. The second-order valence-electron chi connectivity index (χ2n) is 7.85. The van der Waals surface area contributed by atoms with Crippen LogP contribution in [0.4, 0.5) is 5.69 Å². The van der Waals surface area contributed by atoms with Gasteiger partial charge in [0, 0.05) is 27.5 Å². The van der Waals surface area contributed by atoms with Crippen molar-refractivity contribution in [2.45, 2.75) is 49.2 Å². The molecule has 0 aromatic heterocycles. The standard InChI is InChI=1S/C23H26N2OSSi/c1-5-6-14-24-23(26)17-11-12-22-20(16-17)25-19(13-15-28(2,3)4)18-9-7-8-10-21(18)27-22/h7-12,16H,5-6,14H2,1-4H3,(H,24,26). The highest BCUT2D eigenvalue weighted by Gasteiger charge is 2.18. The molecule has 1 heterocycles. The fourth-order valence-corrected chi connectivity index (χ4v) is 4.20. The third-order valence-corrected chi connectivity index (χ3v) is 6.20. The summed E-state index contributed by atoms with van der Waals surface area (Å²) in [5.41, 5.74) is 6.73. The van der Waals surface area contributed by atoms with E-state index in [1.54, 1.807) is 11.8 Å². The van der Waals surface area contributed by atoms with Gasteiger partial charge in [-0.2, -0.15) is 0 Å². The van der Waals surface area contributed by atoms with Crippen LogP contribution in [-0.4, -0.2) is 26.2 Å². The zero-order chi connectivity index (χ0) is 20.1. The Morgan fingerprint density at radius 2 is 1.93 bits per heavy atom. The molecular weight excluding hydrogens is 380 g/mol. The average molecular weight is 407 g/mol. The van der Waals surface area contributed by atoms with Gasteiger partial charge in [0.15, 0.2) is 0 Å². The number of rotatable bonds is 4. The van der Waals surface area contributed by atoms with Gasteiger partial charge in [0.1, 0.15) is 13.8 Å². The van der Waals surface area contributed by atoms with E-state index in [0.717, 1.165) is 39.6 Å². The van der Waals surface area contributed by atoms with Crippen LogP contribution in [0.2, 0.25) is 19.6 Å². The van der Waals surface area contributed by atoms with E-state index in [4.69, 9.17) is 4.99 Å². The van der Waals surface area contributed by atoms with E-state index in [1.165, 1.54) is 0 Å². The van der Waals surface area contributed by atoms with Crippen molar-refractivity contribution in [2.75, 3.05) is 6.54 Å². The molecule has 0 bridgehead atoms. The molecule has 3 nitrogen and oxygen atoms in total. The molecule has 1 aliphatic heterocycles. The third-order valence-electron chi connectivity index (χ3n) is 4.19. The van der Waals surface area contributed by atoms with Crippen molar-refractivity contribution in [1.29, 1.82) is 0 Å². The van der Waals surface area contributed by atoms with Gasteiger partial charge >= 0.3 is 0 Å². The SMILES string of the molecule is CCCCNC(=O)c1ccc2c(c1)N=C(C#C[Si](C)(C)C)c1ccccc1S2. The quantitative estimate of drug-likeness (QED) is 0.403. The number of nitrogens with one attached hydrogen (secondary N) is 1. The summed E-state index contributed by atoms with van der Waals surface area (Å²) < 4.78 is 0. The molecule has 1 amide bonds. The maximum absolute atomic E-state index is 12.5. The van der Waals surface area contributed by atoms with Gasteiger partial charge in [-0.25, -0.2) is 4.99 Å². The number of benzene rings is 2. The smallest absolute Gasteiger partial charge is 0.251 e. The Balaban J connectivity index is 2.02. The maximum atomic E-state index is 12.5. The molecule has 2 aromatic rings. The Morgan fingerprint density at radius 1 is 1.14 bits per heavy atom. The van der Waals surface area contributed by atoms with Gasteiger partial charge in [-0.05, 0) is 30.7 Å². The van der Waals surface area contributed by atoms with Crippen LogP contribution in [0.5, 0.6) is 0 Å². The predicted octanol–water partition coefficient (Wildman–Crippen LogP) is 5.68. The van der Waals surface area contributed by atoms with Crippen molar-refractivity contribution in [3.05, 3.63) is 53.6 Å². The lowest BCUT2D eigenvalue weighted by atomic mass is 10.1. The lowest BCUT2D eigenvalue weighted by molar-refractivity contribution is 0.0953. The minimum absolute atomic E-state index is 0.0482. The van der Waals surface area contributed by atoms with Crippen molar-refractivity contribution in [1.82, 2.24) is 5.32 Å². The van der Waals surface area contributed by atoms with Crippen LogP contribution in [0.25, 0.3) is 0 Å². The number of hydrogen-bond donors (Lipinski definition) is 1. The normalized spacial score (nSPS) is 12.6. The van der Waals surface area contributed by atoms with E-state index in [0.29, 0.717) is 12.1 Å². The third kappa shape index (κ3) is 5.15. The molecule has 0 aliphatic carbocycles. The molecule has 0 unspecified atom stereocenters. The molecule has 1 aliphatic rings. The molecule has 5 heteroatoms. The van der Waals surface area contributed by atoms with E-state index >= 15 is 0 Å². The molecule has 2 aromatic carbocycles. The van der Waals surface area contributed by atoms with Crippen molar-refractivity contribution in [3.8, 4) is 11.5 Å². The summed E-state index contributed by atoms with van der Waals surface area (Å²) in [5.74, 6) is 3.29. The summed E-state index contributed by atoms with van der Waals surface area (Å²) >= 11 is 1.68. The number of carbonyl (C=O) groups is 1. The zero-order valence-electron chi connectivity index (χ0n) is 16.9. The predicted molar refractivity (Wildman–Crippen MR) is 122 cm³/mol. The molecule has 1 N–H and O–H groups in total. The number of unbranched alkanes of at least 4 members (excludes halogenated alkanes) is 1. The maximum Gasteiger partial charge on any atom is 0.251 e. The monoisotopic (exact) mass is 406 g/mol. The summed E-state index contributed by atoms with van der Waals surface area (Å²) in [4.78, 5) is 19.5. The molecule has 0 saturated heterocycles. The molecule has 28 heavy (non-hydrogen) atoms. The van der Waals surface area contributed by atoms with Gasteiger partial charge in [-0.15, -0.1) is 5.54 Å². The van der Waals surface area contributed by atoms with Crippen LogP contribution >= 0.6 is 11.8 Å². The van der Waals surface area contributed by atoms with Gasteiger partial charge in [0.05, 0.1) is 5.69 Å². The average Bonchev–Trinajstić information content (AvgIpc) is 2.81. The fraction of sp³-hybridized carbons (Fsp3) is 0.304. The Bertz CT molecular complexity index is 980. The zero-order valence-corrected chi connectivity index (χ0v) is 18.7. The van der Waals surface area contributed by atoms with Crippen molar-refractivity contribution in [2.24, 2.45) is 4.99 Å². The van der Waals surface area contributed by atoms with Crippen molar-refractivity contribution < 1.29 is 4.79 Å². The van der Waals surface area contributed by atoms with Crippen molar-refractivity contribution >= 4 is 37.1 Å². The minimum Gasteiger partial charge on any atom is -0.352 e. The van der Waals surface area contributed by atoms with E-state index in [1.807, 2.05) is 30.3 Å².